The third kappa shape index (κ3) is 4.31. The van der Waals surface area contributed by atoms with Crippen molar-refractivity contribution in [2.75, 3.05) is 18.9 Å². The molecular formula is C21H23ClN5O6P. The number of aliphatic hydroxyl groups excluding tert-OH is 1. The minimum Gasteiger partial charge on any atom is -0.392 e. The number of benzene rings is 1. The first kappa shape index (κ1) is 23.2. The number of nitrogens with two attached hydrogens (primary N) is 1. The Morgan fingerprint density at radius 2 is 2.26 bits per heavy atom. The second kappa shape index (κ2) is 8.92. The summed E-state index contributed by atoms with van der Waals surface area (Å²) in [6.45, 7) is 4.18. The van der Waals surface area contributed by atoms with E-state index in [0.29, 0.717) is 17.0 Å². The number of aliphatic hydroxyl groups is 1. The van der Waals surface area contributed by atoms with Gasteiger partial charge in [-0.15, -0.1) is 0 Å². The molecule has 0 radical (unpaired) electrons. The van der Waals surface area contributed by atoms with Crippen LogP contribution in [-0.2, 0) is 18.1 Å². The van der Waals surface area contributed by atoms with Crippen molar-refractivity contribution in [3.8, 4) is 0 Å². The van der Waals surface area contributed by atoms with E-state index in [0.717, 1.165) is 5.56 Å². The number of nitrogens with one attached hydrogen (secondary N) is 1. The maximum Gasteiger partial charge on any atom is 0.475 e. The Labute approximate surface area is 199 Å². The zero-order chi connectivity index (χ0) is 24.0. The summed E-state index contributed by atoms with van der Waals surface area (Å²) in [4.78, 5) is 22.8. The molecule has 3 aromatic rings. The number of phosphoric ester groups is 1. The first-order chi connectivity index (χ1) is 16.2. The van der Waals surface area contributed by atoms with Crippen molar-refractivity contribution in [1.29, 1.82) is 0 Å². The number of hydrogen-bond acceptors (Lipinski definition) is 9. The molecule has 180 valence electrons. The van der Waals surface area contributed by atoms with Gasteiger partial charge in [0.15, 0.2) is 11.2 Å². The van der Waals surface area contributed by atoms with Crippen molar-refractivity contribution >= 4 is 36.5 Å². The molecule has 5 rings (SSSR count). The molecule has 1 aromatic carbocycles. The number of aromatic nitrogens is 4. The number of halogens is 1. The maximum absolute atomic E-state index is 13.1. The van der Waals surface area contributed by atoms with Crippen LogP contribution in [0.2, 0.25) is 5.02 Å². The average Bonchev–Trinajstić information content (AvgIpc) is 3.33. The van der Waals surface area contributed by atoms with E-state index in [1.807, 2.05) is 6.07 Å². The largest absolute Gasteiger partial charge is 0.475 e. The summed E-state index contributed by atoms with van der Waals surface area (Å²) < 4.78 is 31.4. The van der Waals surface area contributed by atoms with Gasteiger partial charge in [0.2, 0.25) is 5.95 Å². The van der Waals surface area contributed by atoms with Gasteiger partial charge >= 0.3 is 7.82 Å². The fraction of sp³-hybridized carbons (Fsp3) is 0.381. The number of rotatable bonds is 5. The Morgan fingerprint density at radius 1 is 1.44 bits per heavy atom. The lowest BCUT2D eigenvalue weighted by Crippen LogP contribution is -2.22. The van der Waals surface area contributed by atoms with Crippen LogP contribution in [0.25, 0.3) is 11.2 Å². The molecule has 5 atom stereocenters. The molecule has 0 amide bonds. The quantitative estimate of drug-likeness (QED) is 0.349. The van der Waals surface area contributed by atoms with Crippen LogP contribution in [0.3, 0.4) is 0 Å². The monoisotopic (exact) mass is 507 g/mol. The minimum atomic E-state index is -3.88. The van der Waals surface area contributed by atoms with Gasteiger partial charge in [-0.05, 0) is 29.7 Å². The van der Waals surface area contributed by atoms with E-state index in [2.05, 4.69) is 21.5 Å². The Balaban J connectivity index is 1.30. The van der Waals surface area contributed by atoms with Crippen molar-refractivity contribution in [1.82, 2.24) is 19.5 Å². The number of imidazole rings is 1. The Hall–Kier alpha value is -2.53. The van der Waals surface area contributed by atoms with Gasteiger partial charge in [0.05, 0.1) is 37.8 Å². The van der Waals surface area contributed by atoms with E-state index in [9.17, 15) is 14.5 Å². The number of H-pyrrole nitrogens is 1. The number of phosphoric acid groups is 1. The molecule has 11 nitrogen and oxygen atoms in total. The van der Waals surface area contributed by atoms with Crippen LogP contribution >= 0.6 is 19.4 Å². The van der Waals surface area contributed by atoms with E-state index in [1.165, 1.54) is 6.33 Å². The number of hydrogen-bond donors (Lipinski definition) is 3. The molecule has 3 heterocycles. The number of fused-ring (bicyclic) bond motifs is 1. The van der Waals surface area contributed by atoms with E-state index < -0.39 is 37.5 Å². The van der Waals surface area contributed by atoms with E-state index in [1.54, 1.807) is 22.8 Å². The molecule has 0 unspecified atom stereocenters. The van der Waals surface area contributed by atoms with Gasteiger partial charge in [-0.3, -0.25) is 23.3 Å². The van der Waals surface area contributed by atoms with Crippen LogP contribution < -0.4 is 11.3 Å². The van der Waals surface area contributed by atoms with Crippen molar-refractivity contribution in [3.05, 3.63) is 63.7 Å². The van der Waals surface area contributed by atoms with Gasteiger partial charge in [-0.2, -0.15) is 4.98 Å². The summed E-state index contributed by atoms with van der Waals surface area (Å²) in [6, 6.07) is 6.71. The van der Waals surface area contributed by atoms with Crippen LogP contribution in [-0.4, -0.2) is 43.9 Å². The molecule has 0 spiro atoms. The first-order valence-corrected chi connectivity index (χ1v) is 12.5. The smallest absolute Gasteiger partial charge is 0.392 e. The zero-order valence-electron chi connectivity index (χ0n) is 18.0. The van der Waals surface area contributed by atoms with Gasteiger partial charge in [0, 0.05) is 17.4 Å². The second-order valence-electron chi connectivity index (χ2n) is 8.29. The lowest BCUT2D eigenvalue weighted by Gasteiger charge is -2.30. The van der Waals surface area contributed by atoms with Crippen molar-refractivity contribution in [3.63, 3.8) is 0 Å². The summed E-state index contributed by atoms with van der Waals surface area (Å²) in [5, 5.41) is 11.3. The van der Waals surface area contributed by atoms with Gasteiger partial charge in [0.25, 0.3) is 5.56 Å². The van der Waals surface area contributed by atoms with Gasteiger partial charge < -0.3 is 15.4 Å². The minimum absolute atomic E-state index is 0.0396. The van der Waals surface area contributed by atoms with E-state index in [-0.39, 0.29) is 36.7 Å². The van der Waals surface area contributed by atoms with Crippen LogP contribution in [0.4, 0.5) is 5.95 Å². The maximum atomic E-state index is 13.1. The highest BCUT2D eigenvalue weighted by molar-refractivity contribution is 7.48. The summed E-state index contributed by atoms with van der Waals surface area (Å²) in [5.74, 6) is -0.589. The van der Waals surface area contributed by atoms with Crippen molar-refractivity contribution in [2.45, 2.75) is 31.1 Å². The predicted octanol–water partition coefficient (Wildman–Crippen LogP) is 3.14. The van der Waals surface area contributed by atoms with Crippen molar-refractivity contribution in [2.24, 2.45) is 5.92 Å². The SMILES string of the molecule is C=C1[C@H](CO[P@]2(=O)OCC[C@H](c3cccc(Cl)c3)O2)[C@@H](O)C[C@@H]1n1cnc2c(=O)[nH]c(N)nc21. The fourth-order valence-corrected chi connectivity index (χ4v) is 6.01. The number of nitrogen functional groups attached to an aromatic ring is 1. The van der Waals surface area contributed by atoms with Crippen molar-refractivity contribution < 1.29 is 23.2 Å². The second-order valence-corrected chi connectivity index (χ2v) is 10.3. The summed E-state index contributed by atoms with van der Waals surface area (Å²) in [5.41, 5.74) is 7.04. The molecule has 34 heavy (non-hydrogen) atoms. The molecule has 2 fully saturated rings. The highest BCUT2D eigenvalue weighted by atomic mass is 35.5. The number of anilines is 1. The Bertz CT molecular complexity index is 1360. The highest BCUT2D eigenvalue weighted by Gasteiger charge is 2.42. The highest BCUT2D eigenvalue weighted by Crippen LogP contribution is 2.58. The fourth-order valence-electron chi connectivity index (χ4n) is 4.40. The normalized spacial score (nSPS) is 29.6. The van der Waals surface area contributed by atoms with Crippen LogP contribution in [0.5, 0.6) is 0 Å². The Kier molecular flexibility index (Phi) is 6.09. The molecular weight excluding hydrogens is 485 g/mol. The van der Waals surface area contributed by atoms with Crippen LogP contribution in [0, 0.1) is 5.92 Å². The van der Waals surface area contributed by atoms with E-state index >= 15 is 0 Å². The van der Waals surface area contributed by atoms with E-state index in [4.69, 9.17) is 30.9 Å². The van der Waals surface area contributed by atoms with Gasteiger partial charge in [-0.25, -0.2) is 9.55 Å². The van der Waals surface area contributed by atoms with Gasteiger partial charge in [-0.1, -0.05) is 30.3 Å². The third-order valence-electron chi connectivity index (χ3n) is 6.14. The summed E-state index contributed by atoms with van der Waals surface area (Å²) in [6.07, 6.45) is 0.911. The zero-order valence-corrected chi connectivity index (χ0v) is 19.6. The first-order valence-electron chi connectivity index (χ1n) is 10.7. The van der Waals surface area contributed by atoms with Crippen LogP contribution in [0.15, 0.2) is 47.5 Å². The molecule has 13 heteroatoms. The lowest BCUT2D eigenvalue weighted by molar-refractivity contribution is 0.0166. The standard InChI is InChI=1S/C21H23ClN5O6P/c1-11-14(9-32-34(30)31-6-5-17(33-34)12-3-2-4-13(22)7-12)16(28)8-15(11)27-10-24-18-19(27)25-21(23)26-20(18)29/h2-4,7,10,14-17,28H,1,5-6,8-9H2,(H3,23,25,26,29)/t14-,15-,16-,17+,34-/m0/s1. The molecule has 1 saturated carbocycles. The lowest BCUT2D eigenvalue weighted by atomic mass is 10.0. The Morgan fingerprint density at radius 3 is 3.06 bits per heavy atom. The molecule has 1 aliphatic carbocycles. The molecule has 2 aromatic heterocycles. The molecule has 1 saturated heterocycles. The number of aromatic amines is 1. The predicted molar refractivity (Wildman–Crippen MR) is 124 cm³/mol. The average molecular weight is 508 g/mol. The van der Waals surface area contributed by atoms with Crippen LogP contribution in [0.1, 0.15) is 30.6 Å². The molecule has 1 aliphatic heterocycles. The topological polar surface area (TPSA) is 155 Å². The van der Waals surface area contributed by atoms with Gasteiger partial charge in [0.1, 0.15) is 0 Å². The summed E-state index contributed by atoms with van der Waals surface area (Å²) in [7, 11) is -3.88. The third-order valence-corrected chi connectivity index (χ3v) is 7.85. The molecule has 2 aliphatic rings. The molecule has 4 N–H and O–H groups in total. The molecule has 0 bridgehead atoms. The number of nitrogens with zero attached hydrogens (tertiary/aromatic N) is 3. The summed E-state index contributed by atoms with van der Waals surface area (Å²) >= 11 is 6.06.